The normalized spacial score (nSPS) is 11.6. The van der Waals surface area contributed by atoms with Crippen LogP contribution in [0.5, 0.6) is 0 Å². The lowest BCUT2D eigenvalue weighted by molar-refractivity contribution is 0.0524. The minimum Gasteiger partial charge on any atom is -0.462 e. The molecule has 1 heterocycles. The number of hydrogen-bond acceptors (Lipinski definition) is 5. The Hall–Kier alpha value is -1.01. The molecule has 0 radical (unpaired) electrons. The van der Waals surface area contributed by atoms with Gasteiger partial charge in [0.2, 0.25) is 0 Å². The zero-order chi connectivity index (χ0) is 14.5. The van der Waals surface area contributed by atoms with E-state index in [2.05, 4.69) is 30.5 Å². The van der Waals surface area contributed by atoms with Crippen molar-refractivity contribution < 1.29 is 9.53 Å². The van der Waals surface area contributed by atoms with E-state index >= 15 is 0 Å². The zero-order valence-electron chi connectivity index (χ0n) is 12.3. The smallest absolute Gasteiger partial charge is 0.341 e. The summed E-state index contributed by atoms with van der Waals surface area (Å²) in [7, 11) is 1.83. The van der Waals surface area contributed by atoms with Gasteiger partial charge in [-0.15, -0.1) is 0 Å². The monoisotopic (exact) mass is 285 g/mol. The molecule has 0 saturated heterocycles. The van der Waals surface area contributed by atoms with Gasteiger partial charge in [0.1, 0.15) is 5.56 Å². The summed E-state index contributed by atoms with van der Waals surface area (Å²) in [4.78, 5) is 11.8. The number of ether oxygens (including phenoxy) is 1. The van der Waals surface area contributed by atoms with E-state index in [4.69, 9.17) is 4.74 Å². The first-order chi connectivity index (χ1) is 8.91. The molecule has 0 unspecified atom stereocenters. The molecule has 0 fully saturated rings. The molecule has 0 spiro atoms. The SMILES string of the molecule is CCOC(=O)c1cnn(C)c1CNCC(C)(C)SC. The Bertz CT molecular complexity index is 430. The molecular formula is C13H23N3O2S. The van der Waals surface area contributed by atoms with Crippen molar-refractivity contribution in [2.24, 2.45) is 7.05 Å². The molecule has 0 aliphatic carbocycles. The number of nitrogens with zero attached hydrogens (tertiary/aromatic N) is 2. The van der Waals surface area contributed by atoms with Gasteiger partial charge in [0.05, 0.1) is 18.5 Å². The van der Waals surface area contributed by atoms with Crippen molar-refractivity contribution in [1.82, 2.24) is 15.1 Å². The van der Waals surface area contributed by atoms with Crippen LogP contribution in [0.15, 0.2) is 6.20 Å². The van der Waals surface area contributed by atoms with Gasteiger partial charge < -0.3 is 10.1 Å². The molecule has 1 aromatic rings. The molecule has 0 aromatic carbocycles. The van der Waals surface area contributed by atoms with Gasteiger partial charge >= 0.3 is 5.97 Å². The summed E-state index contributed by atoms with van der Waals surface area (Å²) in [5.41, 5.74) is 1.40. The fourth-order valence-electron chi connectivity index (χ4n) is 1.61. The van der Waals surface area contributed by atoms with Crippen molar-refractivity contribution >= 4 is 17.7 Å². The average Bonchev–Trinajstić information content (AvgIpc) is 2.71. The number of aromatic nitrogens is 2. The van der Waals surface area contributed by atoms with Crippen LogP contribution in [0.2, 0.25) is 0 Å². The first-order valence-corrected chi connectivity index (χ1v) is 7.57. The average molecular weight is 285 g/mol. The van der Waals surface area contributed by atoms with E-state index in [1.807, 2.05) is 18.8 Å². The summed E-state index contributed by atoms with van der Waals surface area (Å²) in [6.07, 6.45) is 3.66. The molecule has 19 heavy (non-hydrogen) atoms. The minimum absolute atomic E-state index is 0.169. The molecule has 1 rings (SSSR count). The number of carbonyl (C=O) groups excluding carboxylic acids is 1. The molecule has 5 nitrogen and oxygen atoms in total. The van der Waals surface area contributed by atoms with Crippen molar-refractivity contribution in [2.75, 3.05) is 19.4 Å². The molecule has 108 valence electrons. The van der Waals surface area contributed by atoms with Gasteiger partial charge in [0.25, 0.3) is 0 Å². The standard InChI is InChI=1S/C13H23N3O2S/c1-6-18-12(17)10-7-15-16(4)11(10)8-14-9-13(2,3)19-5/h7,14H,6,8-9H2,1-5H3. The Labute approximate surface area is 119 Å². The summed E-state index contributed by atoms with van der Waals surface area (Å²) < 4.78 is 6.91. The maximum Gasteiger partial charge on any atom is 0.341 e. The van der Waals surface area contributed by atoms with Crippen molar-refractivity contribution in [3.8, 4) is 0 Å². The summed E-state index contributed by atoms with van der Waals surface area (Å²) in [5.74, 6) is -0.309. The predicted octanol–water partition coefficient (Wildman–Crippen LogP) is 1.83. The lowest BCUT2D eigenvalue weighted by Crippen LogP contribution is -2.32. The van der Waals surface area contributed by atoms with Gasteiger partial charge in [0.15, 0.2) is 0 Å². The first-order valence-electron chi connectivity index (χ1n) is 6.35. The Balaban J connectivity index is 2.68. The summed E-state index contributed by atoms with van der Waals surface area (Å²) in [6, 6.07) is 0. The van der Waals surface area contributed by atoms with E-state index in [-0.39, 0.29) is 10.7 Å². The second-order valence-corrected chi connectivity index (χ2v) is 6.43. The number of aryl methyl sites for hydroxylation is 1. The maximum absolute atomic E-state index is 11.8. The van der Waals surface area contributed by atoms with E-state index in [9.17, 15) is 4.79 Å². The Kier molecular flexibility index (Phi) is 5.87. The fourth-order valence-corrected chi connectivity index (χ4v) is 1.85. The molecule has 0 bridgehead atoms. The van der Waals surface area contributed by atoms with Gasteiger partial charge in [-0.2, -0.15) is 16.9 Å². The van der Waals surface area contributed by atoms with E-state index in [1.54, 1.807) is 17.8 Å². The second-order valence-electron chi connectivity index (χ2n) is 4.92. The molecule has 0 aliphatic rings. The lowest BCUT2D eigenvalue weighted by Gasteiger charge is -2.22. The molecular weight excluding hydrogens is 262 g/mol. The van der Waals surface area contributed by atoms with E-state index in [0.29, 0.717) is 18.7 Å². The Morgan fingerprint density at radius 1 is 1.58 bits per heavy atom. The topological polar surface area (TPSA) is 56.1 Å². The van der Waals surface area contributed by atoms with Crippen LogP contribution in [0.4, 0.5) is 0 Å². The van der Waals surface area contributed by atoms with Gasteiger partial charge in [-0.25, -0.2) is 4.79 Å². The lowest BCUT2D eigenvalue weighted by atomic mass is 10.2. The van der Waals surface area contributed by atoms with Crippen LogP contribution < -0.4 is 5.32 Å². The quantitative estimate of drug-likeness (QED) is 0.775. The highest BCUT2D eigenvalue weighted by Gasteiger charge is 2.19. The van der Waals surface area contributed by atoms with Gasteiger partial charge in [0, 0.05) is 24.9 Å². The molecule has 0 saturated carbocycles. The molecule has 1 aromatic heterocycles. The third-order valence-corrected chi connectivity index (χ3v) is 4.20. The van der Waals surface area contributed by atoms with Gasteiger partial charge in [-0.1, -0.05) is 0 Å². The Morgan fingerprint density at radius 2 is 2.26 bits per heavy atom. The molecule has 0 atom stereocenters. The molecule has 1 N–H and O–H groups in total. The molecule has 6 heteroatoms. The van der Waals surface area contributed by atoms with Crippen LogP contribution in [-0.2, 0) is 18.3 Å². The number of esters is 1. The third-order valence-electron chi connectivity index (χ3n) is 2.95. The highest BCUT2D eigenvalue weighted by Crippen LogP contribution is 2.20. The number of thioether (sulfide) groups is 1. The number of nitrogens with one attached hydrogen (secondary N) is 1. The fraction of sp³-hybridized carbons (Fsp3) is 0.692. The minimum atomic E-state index is -0.309. The number of rotatable bonds is 7. The Morgan fingerprint density at radius 3 is 2.84 bits per heavy atom. The summed E-state index contributed by atoms with van der Waals surface area (Å²) >= 11 is 1.81. The van der Waals surface area contributed by atoms with Gasteiger partial charge in [-0.3, -0.25) is 4.68 Å². The maximum atomic E-state index is 11.8. The largest absolute Gasteiger partial charge is 0.462 e. The zero-order valence-corrected chi connectivity index (χ0v) is 13.1. The van der Waals surface area contributed by atoms with Crippen molar-refractivity contribution in [1.29, 1.82) is 0 Å². The van der Waals surface area contributed by atoms with Gasteiger partial charge in [-0.05, 0) is 27.0 Å². The van der Waals surface area contributed by atoms with E-state index < -0.39 is 0 Å². The molecule has 0 aliphatic heterocycles. The van der Waals surface area contributed by atoms with Crippen molar-refractivity contribution in [3.05, 3.63) is 17.5 Å². The predicted molar refractivity (Wildman–Crippen MR) is 78.5 cm³/mol. The van der Waals surface area contributed by atoms with E-state index in [1.165, 1.54) is 0 Å². The second kappa shape index (κ2) is 6.96. The van der Waals surface area contributed by atoms with Crippen LogP contribution in [0.3, 0.4) is 0 Å². The molecule has 0 amide bonds. The first kappa shape index (κ1) is 16.0. The van der Waals surface area contributed by atoms with Crippen LogP contribution in [0.25, 0.3) is 0 Å². The third kappa shape index (κ3) is 4.54. The van der Waals surface area contributed by atoms with Crippen LogP contribution >= 0.6 is 11.8 Å². The van der Waals surface area contributed by atoms with Crippen LogP contribution in [-0.4, -0.2) is 39.9 Å². The van der Waals surface area contributed by atoms with E-state index in [0.717, 1.165) is 12.2 Å². The highest BCUT2D eigenvalue weighted by atomic mass is 32.2. The highest BCUT2D eigenvalue weighted by molar-refractivity contribution is 7.99. The van der Waals surface area contributed by atoms with Crippen molar-refractivity contribution in [3.63, 3.8) is 0 Å². The summed E-state index contributed by atoms with van der Waals surface area (Å²) in [6.45, 7) is 8.00. The van der Waals surface area contributed by atoms with Crippen LogP contribution in [0.1, 0.15) is 36.8 Å². The number of hydrogen-bond donors (Lipinski definition) is 1. The van der Waals surface area contributed by atoms with Crippen LogP contribution in [0, 0.1) is 0 Å². The summed E-state index contributed by atoms with van der Waals surface area (Å²) in [5, 5.41) is 7.49. The van der Waals surface area contributed by atoms with Crippen molar-refractivity contribution in [2.45, 2.75) is 32.1 Å². The number of carbonyl (C=O) groups is 1.